The maximum absolute atomic E-state index is 12.2. The first-order chi connectivity index (χ1) is 10.6. The molecule has 1 N–H and O–H groups in total. The third-order valence-corrected chi connectivity index (χ3v) is 3.03. The fraction of sp³-hybridized carbons (Fsp3) is 0.176. The van der Waals surface area contributed by atoms with Gasteiger partial charge in [0.2, 0.25) is 0 Å². The Balaban J connectivity index is 2.01. The van der Waals surface area contributed by atoms with Gasteiger partial charge in [-0.05, 0) is 43.3 Å². The molecule has 0 spiro atoms. The number of carbonyl (C=O) groups is 1. The molecule has 1 atom stereocenters. The summed E-state index contributed by atoms with van der Waals surface area (Å²) in [5, 5.41) is 11.5. The largest absolute Gasteiger partial charge is 0.495 e. The predicted octanol–water partition coefficient (Wildman–Crippen LogP) is 2.97. The Bertz CT molecular complexity index is 690. The lowest BCUT2D eigenvalue weighted by Gasteiger charge is -2.16. The van der Waals surface area contributed by atoms with Gasteiger partial charge in [0.05, 0.1) is 24.4 Å². The second-order valence-electron chi connectivity index (χ2n) is 4.59. The zero-order chi connectivity index (χ0) is 15.9. The van der Waals surface area contributed by atoms with Gasteiger partial charge in [-0.2, -0.15) is 5.26 Å². The summed E-state index contributed by atoms with van der Waals surface area (Å²) >= 11 is 0. The number of anilines is 1. The van der Waals surface area contributed by atoms with Crippen molar-refractivity contribution in [2.24, 2.45) is 0 Å². The highest BCUT2D eigenvalue weighted by Crippen LogP contribution is 2.23. The second-order valence-corrected chi connectivity index (χ2v) is 4.59. The van der Waals surface area contributed by atoms with Crippen LogP contribution in [0.3, 0.4) is 0 Å². The summed E-state index contributed by atoms with van der Waals surface area (Å²) in [5.41, 5.74) is 1.13. The van der Waals surface area contributed by atoms with Crippen molar-refractivity contribution in [3.63, 3.8) is 0 Å². The lowest BCUT2D eigenvalue weighted by atomic mass is 10.2. The molecule has 2 aromatic rings. The van der Waals surface area contributed by atoms with E-state index in [0.29, 0.717) is 22.7 Å². The predicted molar refractivity (Wildman–Crippen MR) is 82.9 cm³/mol. The molecule has 0 aromatic heterocycles. The minimum Gasteiger partial charge on any atom is -0.495 e. The Morgan fingerprint density at radius 1 is 1.18 bits per heavy atom. The van der Waals surface area contributed by atoms with E-state index in [4.69, 9.17) is 14.7 Å². The number of nitriles is 1. The van der Waals surface area contributed by atoms with Gasteiger partial charge in [-0.25, -0.2) is 0 Å². The van der Waals surface area contributed by atoms with Crippen LogP contribution in [-0.2, 0) is 4.79 Å². The van der Waals surface area contributed by atoms with Gasteiger partial charge >= 0.3 is 0 Å². The van der Waals surface area contributed by atoms with Gasteiger partial charge in [0, 0.05) is 0 Å². The van der Waals surface area contributed by atoms with Gasteiger partial charge in [-0.1, -0.05) is 12.1 Å². The average molecular weight is 296 g/mol. The zero-order valence-electron chi connectivity index (χ0n) is 12.4. The number of rotatable bonds is 5. The summed E-state index contributed by atoms with van der Waals surface area (Å²) in [6.45, 7) is 1.66. The molecule has 22 heavy (non-hydrogen) atoms. The van der Waals surface area contributed by atoms with Crippen molar-refractivity contribution in [3.05, 3.63) is 54.1 Å². The molecule has 0 aliphatic carbocycles. The molecule has 0 unspecified atom stereocenters. The molecule has 5 heteroatoms. The number of nitrogens with one attached hydrogen (secondary N) is 1. The van der Waals surface area contributed by atoms with Crippen LogP contribution in [0.5, 0.6) is 11.5 Å². The fourth-order valence-corrected chi connectivity index (χ4v) is 1.85. The maximum atomic E-state index is 12.2. The van der Waals surface area contributed by atoms with Gasteiger partial charge < -0.3 is 14.8 Å². The molecular formula is C17H16N2O3. The van der Waals surface area contributed by atoms with E-state index in [9.17, 15) is 4.79 Å². The number of amides is 1. The molecule has 0 saturated carbocycles. The number of para-hydroxylation sites is 2. The van der Waals surface area contributed by atoms with Crippen LogP contribution in [0.1, 0.15) is 12.5 Å². The van der Waals surface area contributed by atoms with Crippen LogP contribution in [0.25, 0.3) is 0 Å². The van der Waals surface area contributed by atoms with Gasteiger partial charge in [0.25, 0.3) is 5.91 Å². The smallest absolute Gasteiger partial charge is 0.265 e. The lowest BCUT2D eigenvalue weighted by molar-refractivity contribution is -0.122. The summed E-state index contributed by atoms with van der Waals surface area (Å²) < 4.78 is 10.7. The summed E-state index contributed by atoms with van der Waals surface area (Å²) in [6, 6.07) is 15.8. The second kappa shape index (κ2) is 7.14. The number of carbonyl (C=O) groups excluding carboxylic acids is 1. The quantitative estimate of drug-likeness (QED) is 0.920. The Labute approximate surface area is 129 Å². The van der Waals surface area contributed by atoms with Crippen molar-refractivity contribution in [2.45, 2.75) is 13.0 Å². The zero-order valence-corrected chi connectivity index (χ0v) is 12.4. The molecule has 2 aromatic carbocycles. The van der Waals surface area contributed by atoms with E-state index in [1.54, 1.807) is 50.4 Å². The van der Waals surface area contributed by atoms with E-state index in [1.165, 1.54) is 0 Å². The molecule has 0 radical (unpaired) electrons. The van der Waals surface area contributed by atoms with Crippen LogP contribution in [0.15, 0.2) is 48.5 Å². The van der Waals surface area contributed by atoms with E-state index in [0.717, 1.165) is 0 Å². The van der Waals surface area contributed by atoms with Crippen LogP contribution in [0.4, 0.5) is 5.69 Å². The van der Waals surface area contributed by atoms with Crippen molar-refractivity contribution in [1.82, 2.24) is 0 Å². The number of ether oxygens (including phenoxy) is 2. The number of methoxy groups -OCH3 is 1. The van der Waals surface area contributed by atoms with Gasteiger partial charge in [0.15, 0.2) is 6.10 Å². The van der Waals surface area contributed by atoms with Crippen molar-refractivity contribution in [3.8, 4) is 17.6 Å². The monoisotopic (exact) mass is 296 g/mol. The number of benzene rings is 2. The molecule has 0 heterocycles. The normalized spacial score (nSPS) is 11.1. The highest BCUT2D eigenvalue weighted by atomic mass is 16.5. The first kappa shape index (κ1) is 15.4. The van der Waals surface area contributed by atoms with Crippen LogP contribution < -0.4 is 14.8 Å². The van der Waals surface area contributed by atoms with E-state index >= 15 is 0 Å². The molecule has 0 saturated heterocycles. The maximum Gasteiger partial charge on any atom is 0.265 e. The van der Waals surface area contributed by atoms with Gasteiger partial charge in [-0.3, -0.25) is 4.79 Å². The Morgan fingerprint density at radius 3 is 2.50 bits per heavy atom. The average Bonchev–Trinajstić information content (AvgIpc) is 2.56. The molecule has 0 aliphatic heterocycles. The van der Waals surface area contributed by atoms with E-state index in [1.807, 2.05) is 18.2 Å². The van der Waals surface area contributed by atoms with Crippen molar-refractivity contribution < 1.29 is 14.3 Å². The molecule has 0 aliphatic rings. The van der Waals surface area contributed by atoms with Gasteiger partial charge in [0.1, 0.15) is 11.5 Å². The minimum atomic E-state index is -0.683. The molecule has 5 nitrogen and oxygen atoms in total. The molecule has 2 rings (SSSR count). The first-order valence-corrected chi connectivity index (χ1v) is 6.74. The summed E-state index contributed by atoms with van der Waals surface area (Å²) in [7, 11) is 1.54. The SMILES string of the molecule is COc1ccccc1NC(=O)[C@H](C)Oc1ccc(C#N)cc1. The van der Waals surface area contributed by atoms with E-state index in [-0.39, 0.29) is 5.91 Å². The van der Waals surface area contributed by atoms with Crippen LogP contribution in [0, 0.1) is 11.3 Å². The molecule has 0 bridgehead atoms. The Kier molecular flexibility index (Phi) is 4.99. The van der Waals surface area contributed by atoms with Crippen molar-refractivity contribution in [2.75, 3.05) is 12.4 Å². The van der Waals surface area contributed by atoms with Crippen LogP contribution >= 0.6 is 0 Å². The van der Waals surface area contributed by atoms with Crippen LogP contribution in [0.2, 0.25) is 0 Å². The third kappa shape index (κ3) is 3.76. The molecular weight excluding hydrogens is 280 g/mol. The molecule has 0 fully saturated rings. The molecule has 112 valence electrons. The Morgan fingerprint density at radius 2 is 1.86 bits per heavy atom. The first-order valence-electron chi connectivity index (χ1n) is 6.74. The number of hydrogen-bond acceptors (Lipinski definition) is 4. The van der Waals surface area contributed by atoms with Gasteiger partial charge in [-0.15, -0.1) is 0 Å². The van der Waals surface area contributed by atoms with E-state index < -0.39 is 6.10 Å². The van der Waals surface area contributed by atoms with Crippen molar-refractivity contribution in [1.29, 1.82) is 5.26 Å². The Hall–Kier alpha value is -3.00. The number of nitrogens with zero attached hydrogens (tertiary/aromatic N) is 1. The highest BCUT2D eigenvalue weighted by Gasteiger charge is 2.16. The van der Waals surface area contributed by atoms with Crippen molar-refractivity contribution >= 4 is 11.6 Å². The minimum absolute atomic E-state index is 0.283. The highest BCUT2D eigenvalue weighted by molar-refractivity contribution is 5.95. The number of hydrogen-bond donors (Lipinski definition) is 1. The summed E-state index contributed by atoms with van der Waals surface area (Å²) in [4.78, 5) is 12.2. The molecule has 1 amide bonds. The standard InChI is InChI=1S/C17H16N2O3/c1-12(22-14-9-7-13(11-18)8-10-14)17(20)19-15-5-3-4-6-16(15)21-2/h3-10,12H,1-2H3,(H,19,20)/t12-/m0/s1. The summed E-state index contributed by atoms with van der Waals surface area (Å²) in [5.74, 6) is 0.831. The third-order valence-electron chi connectivity index (χ3n) is 3.03. The van der Waals surface area contributed by atoms with E-state index in [2.05, 4.69) is 5.32 Å². The lowest BCUT2D eigenvalue weighted by Crippen LogP contribution is -2.30. The fourth-order valence-electron chi connectivity index (χ4n) is 1.85. The topological polar surface area (TPSA) is 71.3 Å². The summed E-state index contributed by atoms with van der Waals surface area (Å²) in [6.07, 6.45) is -0.683. The van der Waals surface area contributed by atoms with Crippen LogP contribution in [-0.4, -0.2) is 19.1 Å².